The van der Waals surface area contributed by atoms with Gasteiger partial charge < -0.3 is 19.6 Å². The number of aryl methyl sites for hydroxylation is 2. The first-order valence-corrected chi connectivity index (χ1v) is 11.2. The summed E-state index contributed by atoms with van der Waals surface area (Å²) in [5.41, 5.74) is 3.48. The second-order valence-electron chi connectivity index (χ2n) is 7.85. The van der Waals surface area contributed by atoms with Crippen LogP contribution in [0.3, 0.4) is 0 Å². The van der Waals surface area contributed by atoms with E-state index in [1.165, 1.54) is 0 Å². The number of carboxylic acids is 1. The van der Waals surface area contributed by atoms with E-state index in [1.54, 1.807) is 0 Å². The molecule has 0 fully saturated rings. The second-order valence-corrected chi connectivity index (χ2v) is 7.85. The van der Waals surface area contributed by atoms with E-state index in [0.717, 1.165) is 34.6 Å². The highest BCUT2D eigenvalue weighted by Gasteiger charge is 2.13. The van der Waals surface area contributed by atoms with Crippen LogP contribution in [0.2, 0.25) is 0 Å². The predicted molar refractivity (Wildman–Crippen MR) is 125 cm³/mol. The van der Waals surface area contributed by atoms with E-state index in [0.29, 0.717) is 44.1 Å². The monoisotopic (exact) mass is 450 g/mol. The SMILES string of the molecule is CCCC(=O)NCc1cc(CCC(=O)O)ccc1OCCc1nc(-c2ccccc2)oc1C. The number of benzene rings is 2. The summed E-state index contributed by atoms with van der Waals surface area (Å²) < 4.78 is 11.8. The molecule has 0 bridgehead atoms. The van der Waals surface area contributed by atoms with Crippen LogP contribution in [0, 0.1) is 6.92 Å². The van der Waals surface area contributed by atoms with E-state index in [-0.39, 0.29) is 12.3 Å². The zero-order valence-corrected chi connectivity index (χ0v) is 19.1. The maximum atomic E-state index is 11.9. The highest BCUT2D eigenvalue weighted by molar-refractivity contribution is 5.75. The van der Waals surface area contributed by atoms with Gasteiger partial charge in [-0.2, -0.15) is 0 Å². The van der Waals surface area contributed by atoms with E-state index >= 15 is 0 Å². The summed E-state index contributed by atoms with van der Waals surface area (Å²) in [6.45, 7) is 4.57. The van der Waals surface area contributed by atoms with Gasteiger partial charge in [-0.05, 0) is 43.5 Å². The maximum Gasteiger partial charge on any atom is 0.303 e. The summed E-state index contributed by atoms with van der Waals surface area (Å²) in [7, 11) is 0. The second kappa shape index (κ2) is 11.9. The Morgan fingerprint density at radius 1 is 1.09 bits per heavy atom. The highest BCUT2D eigenvalue weighted by Crippen LogP contribution is 2.24. The van der Waals surface area contributed by atoms with Crippen LogP contribution in [0.5, 0.6) is 5.75 Å². The molecule has 0 unspecified atom stereocenters. The molecule has 2 N–H and O–H groups in total. The molecule has 0 saturated heterocycles. The molecule has 174 valence electrons. The molecule has 0 aliphatic rings. The van der Waals surface area contributed by atoms with Crippen molar-refractivity contribution < 1.29 is 23.8 Å². The van der Waals surface area contributed by atoms with Crippen molar-refractivity contribution in [3.8, 4) is 17.2 Å². The first kappa shape index (κ1) is 24.0. The van der Waals surface area contributed by atoms with Crippen LogP contribution in [0.15, 0.2) is 52.9 Å². The summed E-state index contributed by atoms with van der Waals surface area (Å²) in [4.78, 5) is 27.5. The first-order chi connectivity index (χ1) is 16.0. The molecule has 0 radical (unpaired) electrons. The molecule has 0 spiro atoms. The van der Waals surface area contributed by atoms with Gasteiger partial charge in [0, 0.05) is 36.9 Å². The van der Waals surface area contributed by atoms with Crippen LogP contribution < -0.4 is 10.1 Å². The van der Waals surface area contributed by atoms with E-state index in [1.807, 2.05) is 62.4 Å². The van der Waals surface area contributed by atoms with Gasteiger partial charge in [0.2, 0.25) is 11.8 Å². The molecule has 1 amide bonds. The molecule has 2 aromatic carbocycles. The third-order valence-electron chi connectivity index (χ3n) is 5.22. The van der Waals surface area contributed by atoms with Crippen molar-refractivity contribution in [2.24, 2.45) is 0 Å². The summed E-state index contributed by atoms with van der Waals surface area (Å²) >= 11 is 0. The number of rotatable bonds is 12. The van der Waals surface area contributed by atoms with Gasteiger partial charge in [-0.3, -0.25) is 9.59 Å². The van der Waals surface area contributed by atoms with Crippen molar-refractivity contribution in [1.29, 1.82) is 0 Å². The van der Waals surface area contributed by atoms with Gasteiger partial charge >= 0.3 is 5.97 Å². The Hall–Kier alpha value is -3.61. The Kier molecular flexibility index (Phi) is 8.63. The van der Waals surface area contributed by atoms with Gasteiger partial charge in [-0.1, -0.05) is 37.3 Å². The van der Waals surface area contributed by atoms with Crippen LogP contribution in [0.4, 0.5) is 0 Å². The number of aliphatic carboxylic acids is 1. The number of carboxylic acid groups (broad SMARTS) is 1. The quantitative estimate of drug-likeness (QED) is 0.415. The minimum absolute atomic E-state index is 0.0222. The number of hydrogen-bond donors (Lipinski definition) is 2. The molecule has 0 saturated carbocycles. The third-order valence-corrected chi connectivity index (χ3v) is 5.22. The topological polar surface area (TPSA) is 102 Å². The Morgan fingerprint density at radius 2 is 1.88 bits per heavy atom. The standard InChI is InChI=1S/C26H30N2O5/c1-3-7-24(29)27-17-21-16-19(11-13-25(30)31)10-12-23(21)32-15-14-22-18(2)33-26(28-22)20-8-5-4-6-9-20/h4-6,8-10,12,16H,3,7,11,13-15,17H2,1-2H3,(H,27,29)(H,30,31). The molecule has 1 heterocycles. The van der Waals surface area contributed by atoms with Gasteiger partial charge in [0.25, 0.3) is 0 Å². The van der Waals surface area contributed by atoms with Crippen LogP contribution in [0.1, 0.15) is 48.8 Å². The van der Waals surface area contributed by atoms with Crippen molar-refractivity contribution in [3.05, 3.63) is 71.1 Å². The zero-order chi connectivity index (χ0) is 23.6. The first-order valence-electron chi connectivity index (χ1n) is 11.2. The van der Waals surface area contributed by atoms with Crippen LogP contribution in [0.25, 0.3) is 11.5 Å². The number of ether oxygens (including phenoxy) is 1. The van der Waals surface area contributed by atoms with Gasteiger partial charge in [0.15, 0.2) is 0 Å². The number of nitrogens with one attached hydrogen (secondary N) is 1. The summed E-state index contributed by atoms with van der Waals surface area (Å²) in [5.74, 6) is 1.14. The molecule has 33 heavy (non-hydrogen) atoms. The van der Waals surface area contributed by atoms with E-state index in [2.05, 4.69) is 10.3 Å². The molecular weight excluding hydrogens is 420 g/mol. The molecule has 7 nitrogen and oxygen atoms in total. The predicted octanol–water partition coefficient (Wildman–Crippen LogP) is 4.71. The number of nitrogens with zero attached hydrogens (tertiary/aromatic N) is 1. The minimum Gasteiger partial charge on any atom is -0.493 e. The number of aromatic nitrogens is 1. The van der Waals surface area contributed by atoms with E-state index in [4.69, 9.17) is 14.3 Å². The maximum absolute atomic E-state index is 11.9. The van der Waals surface area contributed by atoms with Gasteiger partial charge in [-0.15, -0.1) is 0 Å². The van der Waals surface area contributed by atoms with Crippen molar-refractivity contribution >= 4 is 11.9 Å². The molecule has 0 aliphatic carbocycles. The lowest BCUT2D eigenvalue weighted by atomic mass is 10.1. The zero-order valence-electron chi connectivity index (χ0n) is 19.1. The fourth-order valence-corrected chi connectivity index (χ4v) is 3.45. The number of hydrogen-bond acceptors (Lipinski definition) is 5. The third kappa shape index (κ3) is 7.20. The number of oxazole rings is 1. The molecule has 7 heteroatoms. The van der Waals surface area contributed by atoms with Crippen LogP contribution in [-0.2, 0) is 29.0 Å². The highest BCUT2D eigenvalue weighted by atomic mass is 16.5. The largest absolute Gasteiger partial charge is 0.493 e. The average molecular weight is 451 g/mol. The number of carbonyl (C=O) groups excluding carboxylic acids is 1. The number of amides is 1. The molecule has 1 aromatic heterocycles. The smallest absolute Gasteiger partial charge is 0.303 e. The van der Waals surface area contributed by atoms with Crippen molar-refractivity contribution in [3.63, 3.8) is 0 Å². The lowest BCUT2D eigenvalue weighted by Crippen LogP contribution is -2.22. The molecule has 3 rings (SSSR count). The summed E-state index contributed by atoms with van der Waals surface area (Å²) in [5, 5.41) is 11.9. The Bertz CT molecular complexity index is 1080. The number of carbonyl (C=O) groups is 2. The lowest BCUT2D eigenvalue weighted by Gasteiger charge is -2.14. The summed E-state index contributed by atoms with van der Waals surface area (Å²) in [6.07, 6.45) is 2.29. The van der Waals surface area contributed by atoms with Crippen molar-refractivity contribution in [2.45, 2.75) is 52.5 Å². The fraction of sp³-hybridized carbons (Fsp3) is 0.346. The van der Waals surface area contributed by atoms with Gasteiger partial charge in [0.1, 0.15) is 11.5 Å². The van der Waals surface area contributed by atoms with E-state index in [9.17, 15) is 9.59 Å². The Morgan fingerprint density at radius 3 is 2.61 bits per heavy atom. The Balaban J connectivity index is 1.66. The van der Waals surface area contributed by atoms with Crippen molar-refractivity contribution in [1.82, 2.24) is 10.3 Å². The minimum atomic E-state index is -0.842. The Labute approximate surface area is 193 Å². The summed E-state index contributed by atoms with van der Waals surface area (Å²) in [6, 6.07) is 15.3. The lowest BCUT2D eigenvalue weighted by molar-refractivity contribution is -0.137. The van der Waals surface area contributed by atoms with Gasteiger partial charge in [0.05, 0.1) is 12.3 Å². The fourth-order valence-electron chi connectivity index (χ4n) is 3.45. The molecule has 0 atom stereocenters. The average Bonchev–Trinajstić information content (AvgIpc) is 3.18. The van der Waals surface area contributed by atoms with Gasteiger partial charge in [-0.25, -0.2) is 4.98 Å². The normalized spacial score (nSPS) is 10.7. The van der Waals surface area contributed by atoms with E-state index < -0.39 is 5.97 Å². The molecule has 3 aromatic rings. The van der Waals surface area contributed by atoms with Crippen molar-refractivity contribution in [2.75, 3.05) is 6.61 Å². The molecule has 0 aliphatic heterocycles. The van der Waals surface area contributed by atoms with Crippen LogP contribution >= 0.6 is 0 Å². The molecular formula is C26H30N2O5. The van der Waals surface area contributed by atoms with Crippen LogP contribution in [-0.4, -0.2) is 28.6 Å².